The molecule has 1 unspecified atom stereocenters. The van der Waals surface area contributed by atoms with Crippen molar-refractivity contribution in [3.05, 3.63) is 24.3 Å². The number of carbonyl (C=O) groups is 1. The van der Waals surface area contributed by atoms with Gasteiger partial charge in [-0.25, -0.2) is 4.79 Å². The topological polar surface area (TPSA) is 58.8 Å². The van der Waals surface area contributed by atoms with E-state index in [-0.39, 0.29) is 12.1 Å². The maximum absolute atomic E-state index is 12.3. The molecule has 1 aromatic carbocycles. The quantitative estimate of drug-likeness (QED) is 0.840. The normalized spacial score (nSPS) is 18.7. The monoisotopic (exact) mass is 331 g/mol. The van der Waals surface area contributed by atoms with E-state index in [1.807, 2.05) is 45.0 Å². The molecule has 0 spiro atoms. The fourth-order valence-electron chi connectivity index (χ4n) is 2.92. The van der Waals surface area contributed by atoms with Gasteiger partial charge in [0.2, 0.25) is 0 Å². The molecule has 6 heteroatoms. The van der Waals surface area contributed by atoms with Crippen LogP contribution in [0.3, 0.4) is 0 Å². The highest BCUT2D eigenvalue weighted by atomic mass is 16.6. The number of hydrogen-bond donors (Lipinski definition) is 0. The number of fused-ring (bicyclic) bond motifs is 1. The van der Waals surface area contributed by atoms with Crippen LogP contribution in [0.1, 0.15) is 33.6 Å². The lowest BCUT2D eigenvalue weighted by atomic mass is 10.1. The van der Waals surface area contributed by atoms with Crippen molar-refractivity contribution in [3.8, 4) is 0 Å². The van der Waals surface area contributed by atoms with Crippen molar-refractivity contribution in [1.82, 2.24) is 9.88 Å². The lowest BCUT2D eigenvalue weighted by Gasteiger charge is -2.37. The van der Waals surface area contributed by atoms with Gasteiger partial charge in [-0.05, 0) is 45.7 Å². The fraction of sp³-hybridized carbons (Fsp3) is 0.556. The molecule has 0 saturated carbocycles. The highest BCUT2D eigenvalue weighted by Crippen LogP contribution is 2.26. The molecule has 2 heterocycles. The Hall–Kier alpha value is -2.24. The standard InChI is InChI=1S/C18H25N3O3/c1-18(2,3)24-17(22)20(4)13-8-7-11-21(12-13)16-19-14-9-5-6-10-15(14)23-16/h5-6,9-10,13H,7-8,11-12H2,1-4H3. The number of nitrogens with zero attached hydrogens (tertiary/aromatic N) is 3. The summed E-state index contributed by atoms with van der Waals surface area (Å²) in [4.78, 5) is 20.6. The summed E-state index contributed by atoms with van der Waals surface area (Å²) in [5.41, 5.74) is 1.16. The molecule has 1 atom stereocenters. The van der Waals surface area contributed by atoms with Crippen LogP contribution in [0.5, 0.6) is 0 Å². The van der Waals surface area contributed by atoms with E-state index in [4.69, 9.17) is 9.15 Å². The summed E-state index contributed by atoms with van der Waals surface area (Å²) in [7, 11) is 1.80. The van der Waals surface area contributed by atoms with Crippen molar-refractivity contribution in [2.75, 3.05) is 25.0 Å². The van der Waals surface area contributed by atoms with Crippen molar-refractivity contribution >= 4 is 23.2 Å². The first kappa shape index (κ1) is 16.6. The van der Waals surface area contributed by atoms with Gasteiger partial charge in [0.1, 0.15) is 11.1 Å². The lowest BCUT2D eigenvalue weighted by molar-refractivity contribution is 0.0208. The summed E-state index contributed by atoms with van der Waals surface area (Å²) < 4.78 is 11.3. The van der Waals surface area contributed by atoms with E-state index < -0.39 is 5.60 Å². The molecule has 130 valence electrons. The van der Waals surface area contributed by atoms with Crippen molar-refractivity contribution in [2.45, 2.75) is 45.3 Å². The molecule has 1 saturated heterocycles. The number of para-hydroxylation sites is 2. The van der Waals surface area contributed by atoms with Crippen LogP contribution < -0.4 is 4.90 Å². The molecular weight excluding hydrogens is 306 g/mol. The average molecular weight is 331 g/mol. The summed E-state index contributed by atoms with van der Waals surface area (Å²) in [5, 5.41) is 0. The summed E-state index contributed by atoms with van der Waals surface area (Å²) >= 11 is 0. The predicted octanol–water partition coefficient (Wildman–Crippen LogP) is 3.66. The molecule has 1 amide bonds. The third-order valence-corrected chi connectivity index (χ3v) is 4.18. The van der Waals surface area contributed by atoms with Crippen molar-refractivity contribution in [2.24, 2.45) is 0 Å². The van der Waals surface area contributed by atoms with Gasteiger partial charge in [0.05, 0.1) is 6.04 Å². The molecular formula is C18H25N3O3. The number of likely N-dealkylation sites (N-methyl/N-ethyl adjacent to an activating group) is 1. The average Bonchev–Trinajstić information content (AvgIpc) is 2.96. The first-order valence-corrected chi connectivity index (χ1v) is 8.40. The minimum atomic E-state index is -0.486. The molecule has 1 aliphatic heterocycles. The second kappa shape index (κ2) is 6.34. The van der Waals surface area contributed by atoms with Crippen LogP contribution in [0.4, 0.5) is 10.8 Å². The highest BCUT2D eigenvalue weighted by Gasteiger charge is 2.30. The maximum atomic E-state index is 12.3. The minimum Gasteiger partial charge on any atom is -0.444 e. The van der Waals surface area contributed by atoms with Crippen molar-refractivity contribution in [3.63, 3.8) is 0 Å². The zero-order valence-electron chi connectivity index (χ0n) is 14.8. The van der Waals surface area contributed by atoms with E-state index in [0.29, 0.717) is 12.6 Å². The van der Waals surface area contributed by atoms with Crippen LogP contribution in [-0.4, -0.2) is 47.8 Å². The van der Waals surface area contributed by atoms with E-state index >= 15 is 0 Å². The highest BCUT2D eigenvalue weighted by molar-refractivity contribution is 5.74. The Morgan fingerprint density at radius 1 is 1.38 bits per heavy atom. The Balaban J connectivity index is 1.70. The molecule has 1 fully saturated rings. The number of rotatable bonds is 2. The van der Waals surface area contributed by atoms with Gasteiger partial charge >= 0.3 is 6.09 Å². The van der Waals surface area contributed by atoms with Gasteiger partial charge in [0.15, 0.2) is 5.58 Å². The number of piperidine rings is 1. The SMILES string of the molecule is CN(C(=O)OC(C)(C)C)C1CCCN(c2nc3ccccc3o2)C1. The van der Waals surface area contributed by atoms with E-state index in [0.717, 1.165) is 30.5 Å². The molecule has 0 bridgehead atoms. The van der Waals surface area contributed by atoms with E-state index in [9.17, 15) is 4.79 Å². The molecule has 0 radical (unpaired) electrons. The summed E-state index contributed by atoms with van der Waals surface area (Å²) in [6.45, 7) is 7.22. The number of amides is 1. The van der Waals surface area contributed by atoms with Gasteiger partial charge in [-0.1, -0.05) is 12.1 Å². The second-order valence-corrected chi connectivity index (χ2v) is 7.30. The molecule has 0 N–H and O–H groups in total. The van der Waals surface area contributed by atoms with E-state index in [2.05, 4.69) is 9.88 Å². The van der Waals surface area contributed by atoms with Gasteiger partial charge in [-0.3, -0.25) is 0 Å². The van der Waals surface area contributed by atoms with Gasteiger partial charge in [-0.15, -0.1) is 0 Å². The van der Waals surface area contributed by atoms with Crippen molar-refractivity contribution < 1.29 is 13.9 Å². The van der Waals surface area contributed by atoms with E-state index in [1.165, 1.54) is 0 Å². The van der Waals surface area contributed by atoms with Crippen LogP contribution in [0.15, 0.2) is 28.7 Å². The van der Waals surface area contributed by atoms with Crippen LogP contribution in [-0.2, 0) is 4.74 Å². The smallest absolute Gasteiger partial charge is 0.410 e. The maximum Gasteiger partial charge on any atom is 0.410 e. The molecule has 2 aromatic rings. The number of oxazole rings is 1. The van der Waals surface area contributed by atoms with Gasteiger partial charge < -0.3 is 19.0 Å². The zero-order chi connectivity index (χ0) is 17.3. The minimum absolute atomic E-state index is 0.0867. The second-order valence-electron chi connectivity index (χ2n) is 7.30. The largest absolute Gasteiger partial charge is 0.444 e. The third-order valence-electron chi connectivity index (χ3n) is 4.18. The summed E-state index contributed by atoms with van der Waals surface area (Å²) in [6.07, 6.45) is 1.65. The zero-order valence-corrected chi connectivity index (χ0v) is 14.8. The number of benzene rings is 1. The molecule has 1 aromatic heterocycles. The van der Waals surface area contributed by atoms with Crippen LogP contribution in [0.25, 0.3) is 11.1 Å². The number of ether oxygens (including phenoxy) is 1. The van der Waals surface area contributed by atoms with Gasteiger partial charge in [-0.2, -0.15) is 4.98 Å². The number of hydrogen-bond acceptors (Lipinski definition) is 5. The fourth-order valence-corrected chi connectivity index (χ4v) is 2.92. The van der Waals surface area contributed by atoms with Gasteiger partial charge in [0.25, 0.3) is 6.01 Å². The Kier molecular flexibility index (Phi) is 4.39. The number of anilines is 1. The van der Waals surface area contributed by atoms with Crippen LogP contribution in [0.2, 0.25) is 0 Å². The Labute approximate surface area is 142 Å². The summed E-state index contributed by atoms with van der Waals surface area (Å²) in [5.74, 6) is 0. The molecule has 1 aliphatic rings. The molecule has 24 heavy (non-hydrogen) atoms. The number of aromatic nitrogens is 1. The first-order valence-electron chi connectivity index (χ1n) is 8.40. The Bertz CT molecular complexity index is 687. The Morgan fingerprint density at radius 3 is 2.83 bits per heavy atom. The lowest BCUT2D eigenvalue weighted by Crippen LogP contribution is -2.49. The summed E-state index contributed by atoms with van der Waals surface area (Å²) in [6, 6.07) is 8.45. The number of carbonyl (C=O) groups excluding carboxylic acids is 1. The Morgan fingerprint density at radius 2 is 2.12 bits per heavy atom. The van der Waals surface area contributed by atoms with Crippen LogP contribution >= 0.6 is 0 Å². The molecule has 0 aliphatic carbocycles. The molecule has 3 rings (SSSR count). The third kappa shape index (κ3) is 3.63. The first-order chi connectivity index (χ1) is 11.3. The van der Waals surface area contributed by atoms with Gasteiger partial charge in [0, 0.05) is 20.1 Å². The van der Waals surface area contributed by atoms with E-state index in [1.54, 1.807) is 11.9 Å². The van der Waals surface area contributed by atoms with Crippen molar-refractivity contribution in [1.29, 1.82) is 0 Å². The predicted molar refractivity (Wildman–Crippen MR) is 93.2 cm³/mol. The molecule has 6 nitrogen and oxygen atoms in total. The van der Waals surface area contributed by atoms with Crippen LogP contribution in [0, 0.1) is 0 Å².